The van der Waals surface area contributed by atoms with E-state index in [2.05, 4.69) is 5.32 Å². The Balaban J connectivity index is 0.000000981. The fourth-order valence-electron chi connectivity index (χ4n) is 2.33. The molecule has 0 aromatic heterocycles. The molecule has 0 radical (unpaired) electrons. The molecule has 0 aliphatic rings. The zero-order valence-corrected chi connectivity index (χ0v) is 18.6. The van der Waals surface area contributed by atoms with E-state index in [-0.39, 0.29) is 36.1 Å². The number of anilines is 1. The van der Waals surface area contributed by atoms with E-state index in [9.17, 15) is 22.8 Å². The van der Waals surface area contributed by atoms with Crippen LogP contribution in [0.2, 0.25) is 0 Å². The van der Waals surface area contributed by atoms with Crippen molar-refractivity contribution < 1.29 is 37.2 Å². The highest BCUT2D eigenvalue weighted by molar-refractivity contribution is 7.85. The largest absolute Gasteiger partial charge is 0.481 e. The van der Waals surface area contributed by atoms with E-state index in [1.165, 1.54) is 36.2 Å². The van der Waals surface area contributed by atoms with Gasteiger partial charge in [-0.25, -0.2) is 4.79 Å². The third-order valence-corrected chi connectivity index (χ3v) is 3.78. The van der Waals surface area contributed by atoms with Crippen LogP contribution in [-0.4, -0.2) is 61.7 Å². The second kappa shape index (κ2) is 12.2. The monoisotopic (exact) mass is 480 g/mol. The molecule has 1 amide bonds. The van der Waals surface area contributed by atoms with Crippen molar-refractivity contribution in [1.82, 2.24) is 5.32 Å². The van der Waals surface area contributed by atoms with E-state index in [4.69, 9.17) is 25.5 Å². The summed E-state index contributed by atoms with van der Waals surface area (Å²) in [5.74, 6) is -1.88. The summed E-state index contributed by atoms with van der Waals surface area (Å²) in [5.41, 5.74) is 6.85. The van der Waals surface area contributed by atoms with Crippen LogP contribution < -0.4 is 20.7 Å². The maximum Gasteiger partial charge on any atom is 0.343 e. The number of nitrogens with two attached hydrogens (primary N) is 1. The molecule has 0 heterocycles. The maximum atomic E-state index is 12.3. The van der Waals surface area contributed by atoms with E-state index >= 15 is 0 Å². The molecule has 2 aromatic carbocycles. The fraction of sp³-hybridized carbons (Fsp3) is 0.200. The van der Waals surface area contributed by atoms with Crippen molar-refractivity contribution >= 4 is 39.6 Å². The minimum Gasteiger partial charge on any atom is -0.481 e. The molecule has 0 saturated heterocycles. The number of hydrogen-bond acceptors (Lipinski definition) is 7. The Morgan fingerprint density at radius 2 is 1.61 bits per heavy atom. The SMILES string of the molecule is CNC(=O)CN(C(=N)N)c1ccc(C(=O)Oc2ccc(CC(=O)O)cc2)cc1.CS(=O)(=O)O. The average Bonchev–Trinajstić information content (AvgIpc) is 2.71. The number of guanidine groups is 1. The zero-order valence-electron chi connectivity index (χ0n) is 17.8. The number of benzene rings is 2. The van der Waals surface area contributed by atoms with Crippen molar-refractivity contribution in [3.8, 4) is 5.75 Å². The van der Waals surface area contributed by atoms with Crippen molar-refractivity contribution in [3.63, 3.8) is 0 Å². The lowest BCUT2D eigenvalue weighted by Crippen LogP contribution is -2.43. The number of rotatable bonds is 7. The van der Waals surface area contributed by atoms with E-state index < -0.39 is 22.1 Å². The van der Waals surface area contributed by atoms with Crippen LogP contribution in [0.1, 0.15) is 15.9 Å². The molecule has 0 atom stereocenters. The molecule has 2 aromatic rings. The van der Waals surface area contributed by atoms with Crippen LogP contribution in [0.5, 0.6) is 5.75 Å². The van der Waals surface area contributed by atoms with Crippen LogP contribution in [0.15, 0.2) is 48.5 Å². The topological polar surface area (TPSA) is 200 Å². The number of carboxylic acids is 1. The summed E-state index contributed by atoms with van der Waals surface area (Å²) in [6.45, 7) is -0.127. The molecule has 0 bridgehead atoms. The van der Waals surface area contributed by atoms with E-state index in [1.807, 2.05) is 0 Å². The summed E-state index contributed by atoms with van der Waals surface area (Å²) in [5, 5.41) is 18.8. The Morgan fingerprint density at radius 3 is 2.03 bits per heavy atom. The van der Waals surface area contributed by atoms with Crippen LogP contribution in [0, 0.1) is 5.41 Å². The van der Waals surface area contributed by atoms with Crippen LogP contribution in [0.4, 0.5) is 5.69 Å². The molecule has 178 valence electrons. The fourth-order valence-corrected chi connectivity index (χ4v) is 2.33. The summed E-state index contributed by atoms with van der Waals surface area (Å²) < 4.78 is 31.1. The second-order valence-corrected chi connectivity index (χ2v) is 7.99. The summed E-state index contributed by atoms with van der Waals surface area (Å²) in [7, 11) is -2.19. The highest BCUT2D eigenvalue weighted by Crippen LogP contribution is 2.18. The Hall–Kier alpha value is -3.97. The van der Waals surface area contributed by atoms with Crippen molar-refractivity contribution in [3.05, 3.63) is 59.7 Å². The van der Waals surface area contributed by atoms with Crippen LogP contribution >= 0.6 is 0 Å². The molecule has 0 unspecified atom stereocenters. The minimum atomic E-state index is -3.67. The molecule has 12 nitrogen and oxygen atoms in total. The number of nitrogens with one attached hydrogen (secondary N) is 2. The molecule has 0 aliphatic carbocycles. The summed E-state index contributed by atoms with van der Waals surface area (Å²) in [6.07, 6.45) is 0.603. The molecule has 0 saturated carbocycles. The normalized spacial score (nSPS) is 10.3. The van der Waals surface area contributed by atoms with Crippen molar-refractivity contribution in [2.75, 3.05) is 24.7 Å². The summed E-state index contributed by atoms with van der Waals surface area (Å²) >= 11 is 0. The van der Waals surface area contributed by atoms with Gasteiger partial charge < -0.3 is 25.8 Å². The number of likely N-dealkylation sites (N-methyl/N-ethyl adjacent to an activating group) is 1. The molecule has 2 rings (SSSR count). The minimum absolute atomic E-state index is 0.113. The van der Waals surface area contributed by atoms with Gasteiger partial charge in [0.1, 0.15) is 12.3 Å². The molecule has 0 fully saturated rings. The third-order valence-electron chi connectivity index (χ3n) is 3.78. The summed E-state index contributed by atoms with van der Waals surface area (Å²) in [6, 6.07) is 12.3. The average molecular weight is 480 g/mol. The summed E-state index contributed by atoms with van der Waals surface area (Å²) in [4.78, 5) is 35.8. The van der Waals surface area contributed by atoms with Gasteiger partial charge in [0.25, 0.3) is 10.1 Å². The first-order valence-electron chi connectivity index (χ1n) is 9.17. The smallest absolute Gasteiger partial charge is 0.343 e. The van der Waals surface area contributed by atoms with Gasteiger partial charge in [-0.05, 0) is 42.0 Å². The van der Waals surface area contributed by atoms with Crippen molar-refractivity contribution in [2.45, 2.75) is 6.42 Å². The number of carboxylic acid groups (broad SMARTS) is 1. The Labute approximate surface area is 190 Å². The maximum absolute atomic E-state index is 12.3. The molecule has 0 spiro atoms. The highest BCUT2D eigenvalue weighted by Gasteiger charge is 2.15. The first-order chi connectivity index (χ1) is 15.3. The molecular formula is C20H24N4O8S. The second-order valence-electron chi connectivity index (χ2n) is 6.53. The molecule has 6 N–H and O–H groups in total. The lowest BCUT2D eigenvalue weighted by atomic mass is 10.1. The van der Waals surface area contributed by atoms with Crippen molar-refractivity contribution in [2.24, 2.45) is 5.73 Å². The van der Waals surface area contributed by atoms with E-state index in [1.54, 1.807) is 24.3 Å². The number of amides is 1. The quantitative estimate of drug-likeness (QED) is 0.122. The standard InChI is InChI=1S/C19H20N4O5.CH4O3S/c1-22-16(24)11-23(19(20)21)14-6-4-13(5-7-14)18(27)28-15-8-2-12(3-9-15)10-17(25)26;1-5(2,3)4/h2-9H,10-11H2,1H3,(H3,20,21)(H,22,24)(H,25,26);1H3,(H,2,3,4). The van der Waals surface area contributed by atoms with Gasteiger partial charge in [-0.15, -0.1) is 0 Å². The van der Waals surface area contributed by atoms with Gasteiger partial charge in [-0.3, -0.25) is 19.6 Å². The highest BCUT2D eigenvalue weighted by atomic mass is 32.2. The van der Waals surface area contributed by atoms with Crippen molar-refractivity contribution in [1.29, 1.82) is 5.41 Å². The predicted molar refractivity (Wildman–Crippen MR) is 120 cm³/mol. The molecule has 13 heteroatoms. The number of aliphatic carboxylic acids is 1. The van der Waals surface area contributed by atoms with Gasteiger partial charge in [-0.2, -0.15) is 8.42 Å². The molecule has 0 aliphatic heterocycles. The Bertz CT molecular complexity index is 1090. The third kappa shape index (κ3) is 10.8. The van der Waals surface area contributed by atoms with Gasteiger partial charge >= 0.3 is 11.9 Å². The van der Waals surface area contributed by atoms with Crippen LogP contribution in [0.3, 0.4) is 0 Å². The van der Waals surface area contributed by atoms with E-state index in [0.29, 0.717) is 17.5 Å². The molecule has 33 heavy (non-hydrogen) atoms. The Morgan fingerprint density at radius 1 is 1.09 bits per heavy atom. The number of esters is 1. The number of carbonyl (C=O) groups is 3. The number of ether oxygens (including phenoxy) is 1. The van der Waals surface area contributed by atoms with Gasteiger partial charge in [0.05, 0.1) is 18.2 Å². The predicted octanol–water partition coefficient (Wildman–Crippen LogP) is 0.483. The van der Waals surface area contributed by atoms with Crippen LogP contribution in [-0.2, 0) is 26.1 Å². The first-order valence-corrected chi connectivity index (χ1v) is 11.0. The van der Waals surface area contributed by atoms with Gasteiger partial charge in [0.15, 0.2) is 5.96 Å². The lowest BCUT2D eigenvalue weighted by molar-refractivity contribution is -0.136. The zero-order chi connectivity index (χ0) is 25.2. The lowest BCUT2D eigenvalue weighted by Gasteiger charge is -2.21. The van der Waals surface area contributed by atoms with Crippen LogP contribution in [0.25, 0.3) is 0 Å². The van der Waals surface area contributed by atoms with Gasteiger partial charge in [-0.1, -0.05) is 12.1 Å². The Kier molecular flexibility index (Phi) is 9.98. The number of nitrogens with zero attached hydrogens (tertiary/aromatic N) is 1. The molecular weight excluding hydrogens is 456 g/mol. The van der Waals surface area contributed by atoms with E-state index in [0.717, 1.165) is 0 Å². The first kappa shape index (κ1) is 27.1. The van der Waals surface area contributed by atoms with Gasteiger partial charge in [0.2, 0.25) is 5.91 Å². The van der Waals surface area contributed by atoms with Gasteiger partial charge in [0, 0.05) is 12.7 Å². The number of carbonyl (C=O) groups excluding carboxylic acids is 2. The number of hydrogen-bond donors (Lipinski definition) is 5.